The standard InChI is InChI=1S/C40H34N4O5S2/c1-25-20-21-31-34(22-25)51-40(43-31)44-39(47)36(26-12-6-4-7-13-26)50-30-18-11-17-29(24-30)41-38(46)32(42-37(45)27-14-8-5-9-15-27)23-28-16-10-19-33(48-2)35(28)49-3/h4-24,36H,1-3H3,(H,41,46)(H,42,45)(H,43,44,47)/b32-23+. The molecule has 1 atom stereocenters. The van der Waals surface area contributed by atoms with Gasteiger partial charge < -0.3 is 25.4 Å². The van der Waals surface area contributed by atoms with Gasteiger partial charge in [-0.25, -0.2) is 4.98 Å². The maximum absolute atomic E-state index is 13.9. The number of amides is 3. The van der Waals surface area contributed by atoms with Gasteiger partial charge in [0.1, 0.15) is 10.9 Å². The van der Waals surface area contributed by atoms with E-state index in [0.29, 0.717) is 33.4 Å². The van der Waals surface area contributed by atoms with E-state index in [9.17, 15) is 14.4 Å². The van der Waals surface area contributed by atoms with E-state index in [1.54, 1.807) is 66.7 Å². The number of aryl methyl sites for hydroxylation is 1. The van der Waals surface area contributed by atoms with E-state index in [0.717, 1.165) is 26.2 Å². The summed E-state index contributed by atoms with van der Waals surface area (Å²) in [6.07, 6.45) is 1.54. The molecule has 0 aliphatic carbocycles. The average Bonchev–Trinajstić information content (AvgIpc) is 3.55. The molecule has 0 radical (unpaired) electrons. The summed E-state index contributed by atoms with van der Waals surface area (Å²) in [5.74, 6) is -0.361. The number of benzene rings is 5. The molecule has 11 heteroatoms. The Bertz CT molecular complexity index is 2220. The summed E-state index contributed by atoms with van der Waals surface area (Å²) in [6, 6.07) is 36.6. The molecule has 0 saturated carbocycles. The lowest BCUT2D eigenvalue weighted by Crippen LogP contribution is -2.30. The van der Waals surface area contributed by atoms with Crippen LogP contribution < -0.4 is 25.4 Å². The Labute approximate surface area is 303 Å². The first-order valence-corrected chi connectivity index (χ1v) is 17.6. The number of nitrogens with one attached hydrogen (secondary N) is 3. The lowest BCUT2D eigenvalue weighted by atomic mass is 10.1. The van der Waals surface area contributed by atoms with Gasteiger partial charge in [-0.2, -0.15) is 0 Å². The van der Waals surface area contributed by atoms with E-state index in [2.05, 4.69) is 20.9 Å². The van der Waals surface area contributed by atoms with Crippen molar-refractivity contribution >= 4 is 67.9 Å². The Morgan fingerprint density at radius 2 is 1.55 bits per heavy atom. The second kappa shape index (κ2) is 16.2. The molecule has 0 bridgehead atoms. The van der Waals surface area contributed by atoms with Gasteiger partial charge in [0, 0.05) is 21.7 Å². The van der Waals surface area contributed by atoms with E-state index >= 15 is 0 Å². The molecule has 256 valence electrons. The van der Waals surface area contributed by atoms with Gasteiger partial charge in [-0.15, -0.1) is 11.8 Å². The van der Waals surface area contributed by atoms with Crippen molar-refractivity contribution in [3.05, 3.63) is 149 Å². The first-order valence-electron chi connectivity index (χ1n) is 15.9. The van der Waals surface area contributed by atoms with E-state index in [-0.39, 0.29) is 11.6 Å². The largest absolute Gasteiger partial charge is 0.493 e. The Balaban J connectivity index is 1.26. The molecule has 1 aromatic heterocycles. The molecule has 1 heterocycles. The highest BCUT2D eigenvalue weighted by molar-refractivity contribution is 8.00. The van der Waals surface area contributed by atoms with Crippen molar-refractivity contribution in [3.63, 3.8) is 0 Å². The van der Waals surface area contributed by atoms with Crippen molar-refractivity contribution in [2.24, 2.45) is 0 Å². The monoisotopic (exact) mass is 714 g/mol. The summed E-state index contributed by atoms with van der Waals surface area (Å²) in [4.78, 5) is 46.2. The molecule has 3 N–H and O–H groups in total. The quantitative estimate of drug-likeness (QED) is 0.0860. The Hall–Kier alpha value is -5.91. The van der Waals surface area contributed by atoms with Crippen LogP contribution in [0, 0.1) is 6.92 Å². The van der Waals surface area contributed by atoms with Gasteiger partial charge in [-0.1, -0.05) is 84.1 Å². The number of aromatic nitrogens is 1. The molecule has 0 spiro atoms. The summed E-state index contributed by atoms with van der Waals surface area (Å²) < 4.78 is 12.0. The number of para-hydroxylation sites is 1. The third-order valence-corrected chi connectivity index (χ3v) is 9.90. The zero-order valence-electron chi connectivity index (χ0n) is 28.0. The number of anilines is 2. The fourth-order valence-corrected chi connectivity index (χ4v) is 7.31. The number of carbonyl (C=O) groups is 3. The van der Waals surface area contributed by atoms with Crippen molar-refractivity contribution in [1.29, 1.82) is 0 Å². The highest BCUT2D eigenvalue weighted by Crippen LogP contribution is 2.38. The maximum atomic E-state index is 13.9. The first-order chi connectivity index (χ1) is 24.8. The van der Waals surface area contributed by atoms with Crippen molar-refractivity contribution < 1.29 is 23.9 Å². The Kier molecular flexibility index (Phi) is 11.1. The van der Waals surface area contributed by atoms with Crippen molar-refractivity contribution in [1.82, 2.24) is 10.3 Å². The lowest BCUT2D eigenvalue weighted by Gasteiger charge is -2.17. The molecule has 6 rings (SSSR count). The zero-order chi connectivity index (χ0) is 35.7. The number of fused-ring (bicyclic) bond motifs is 1. The van der Waals surface area contributed by atoms with Crippen LogP contribution in [0.4, 0.5) is 10.8 Å². The summed E-state index contributed by atoms with van der Waals surface area (Å²) in [5.41, 5.74) is 4.13. The normalized spacial score (nSPS) is 11.8. The molecule has 5 aromatic carbocycles. The zero-order valence-corrected chi connectivity index (χ0v) is 29.6. The number of rotatable bonds is 12. The molecule has 51 heavy (non-hydrogen) atoms. The van der Waals surface area contributed by atoms with Crippen LogP contribution in [0.1, 0.15) is 32.3 Å². The van der Waals surface area contributed by atoms with Crippen LogP contribution in [-0.4, -0.2) is 36.9 Å². The number of ether oxygens (including phenoxy) is 2. The Morgan fingerprint density at radius 1 is 0.804 bits per heavy atom. The molecule has 6 aromatic rings. The third-order valence-electron chi connectivity index (χ3n) is 7.72. The number of hydrogen-bond acceptors (Lipinski definition) is 8. The lowest BCUT2D eigenvalue weighted by molar-refractivity contribution is -0.116. The fourth-order valence-electron chi connectivity index (χ4n) is 5.26. The first kappa shape index (κ1) is 34.9. The van der Waals surface area contributed by atoms with Crippen LogP contribution in [0.2, 0.25) is 0 Å². The van der Waals surface area contributed by atoms with Crippen LogP contribution in [-0.2, 0) is 9.59 Å². The minimum Gasteiger partial charge on any atom is -0.493 e. The van der Waals surface area contributed by atoms with Crippen LogP contribution >= 0.6 is 23.1 Å². The van der Waals surface area contributed by atoms with E-state index < -0.39 is 17.1 Å². The predicted molar refractivity (Wildman–Crippen MR) is 205 cm³/mol. The summed E-state index contributed by atoms with van der Waals surface area (Å²) in [5, 5.41) is 8.59. The van der Waals surface area contributed by atoms with E-state index in [1.165, 1.54) is 43.4 Å². The molecule has 0 aliphatic heterocycles. The molecule has 9 nitrogen and oxygen atoms in total. The number of methoxy groups -OCH3 is 2. The second-order valence-corrected chi connectivity index (χ2v) is 13.5. The predicted octanol–water partition coefficient (Wildman–Crippen LogP) is 8.50. The van der Waals surface area contributed by atoms with Crippen LogP contribution in [0.3, 0.4) is 0 Å². The highest BCUT2D eigenvalue weighted by Gasteiger charge is 2.24. The van der Waals surface area contributed by atoms with Gasteiger partial charge in [-0.3, -0.25) is 14.4 Å². The van der Waals surface area contributed by atoms with Crippen molar-refractivity contribution in [2.75, 3.05) is 24.9 Å². The molecule has 0 fully saturated rings. The fraction of sp³-hybridized carbons (Fsp3) is 0.100. The topological polar surface area (TPSA) is 119 Å². The van der Waals surface area contributed by atoms with Gasteiger partial charge >= 0.3 is 0 Å². The van der Waals surface area contributed by atoms with Gasteiger partial charge in [-0.05, 0) is 72.7 Å². The number of nitrogens with zero attached hydrogens (tertiary/aromatic N) is 1. The van der Waals surface area contributed by atoms with Crippen LogP contribution in [0.25, 0.3) is 16.3 Å². The average molecular weight is 715 g/mol. The highest BCUT2D eigenvalue weighted by atomic mass is 32.2. The second-order valence-electron chi connectivity index (χ2n) is 11.3. The smallest absolute Gasteiger partial charge is 0.272 e. The van der Waals surface area contributed by atoms with E-state index in [4.69, 9.17) is 9.47 Å². The molecular formula is C40H34N4O5S2. The summed E-state index contributed by atoms with van der Waals surface area (Å²) >= 11 is 2.77. The Morgan fingerprint density at radius 3 is 2.29 bits per heavy atom. The van der Waals surface area contributed by atoms with Gasteiger partial charge in [0.25, 0.3) is 11.8 Å². The summed E-state index contributed by atoms with van der Waals surface area (Å²) in [7, 11) is 3.03. The minimum atomic E-state index is -0.618. The summed E-state index contributed by atoms with van der Waals surface area (Å²) in [6.45, 7) is 2.02. The molecule has 1 unspecified atom stereocenters. The SMILES string of the molecule is COc1cccc(/C=C(/NC(=O)c2ccccc2)C(=O)Nc2cccc(SC(C(=O)Nc3nc4ccc(C)cc4s3)c3ccccc3)c2)c1OC. The van der Waals surface area contributed by atoms with Crippen molar-refractivity contribution in [3.8, 4) is 11.5 Å². The number of carbonyl (C=O) groups excluding carboxylic acids is 3. The van der Waals surface area contributed by atoms with Crippen LogP contribution in [0.5, 0.6) is 11.5 Å². The molecule has 0 saturated heterocycles. The third kappa shape index (κ3) is 8.64. The minimum absolute atomic E-state index is 0.0129. The number of hydrogen-bond donors (Lipinski definition) is 3. The van der Waals surface area contributed by atoms with E-state index in [1.807, 2.05) is 61.5 Å². The molecular weight excluding hydrogens is 681 g/mol. The number of thioether (sulfide) groups is 1. The maximum Gasteiger partial charge on any atom is 0.272 e. The number of thiazole rings is 1. The van der Waals surface area contributed by atoms with Gasteiger partial charge in [0.05, 0.1) is 24.4 Å². The van der Waals surface area contributed by atoms with Crippen LogP contribution in [0.15, 0.2) is 132 Å². The van der Waals surface area contributed by atoms with Gasteiger partial charge in [0.15, 0.2) is 16.6 Å². The molecule has 0 aliphatic rings. The van der Waals surface area contributed by atoms with Gasteiger partial charge in [0.2, 0.25) is 5.91 Å². The molecule has 3 amide bonds. The van der Waals surface area contributed by atoms with Crippen molar-refractivity contribution in [2.45, 2.75) is 17.1 Å².